The minimum Gasteiger partial charge on any atom is -0.310 e. The summed E-state index contributed by atoms with van der Waals surface area (Å²) in [6.45, 7) is 0. The monoisotopic (exact) mass is 595 g/mol. The van der Waals surface area contributed by atoms with Crippen LogP contribution in [0.5, 0.6) is 0 Å². The Labute approximate surface area is 272 Å². The second-order valence-corrected chi connectivity index (χ2v) is 12.5. The van der Waals surface area contributed by atoms with Gasteiger partial charge in [0.15, 0.2) is 0 Å². The molecule has 0 aliphatic heterocycles. The Hall–Kier alpha value is -6.18. The van der Waals surface area contributed by atoms with Crippen LogP contribution in [0.2, 0.25) is 0 Å². The molecule has 218 valence electrons. The van der Waals surface area contributed by atoms with Crippen molar-refractivity contribution in [2.24, 2.45) is 0 Å². The lowest BCUT2D eigenvalue weighted by atomic mass is 9.87. The van der Waals surface area contributed by atoms with Gasteiger partial charge in [0.2, 0.25) is 0 Å². The van der Waals surface area contributed by atoms with Crippen molar-refractivity contribution in [2.45, 2.75) is 0 Å². The smallest absolute Gasteiger partial charge is 0.0540 e. The van der Waals surface area contributed by atoms with Gasteiger partial charge in [-0.1, -0.05) is 146 Å². The molecule has 0 radical (unpaired) electrons. The molecule has 0 aliphatic rings. The van der Waals surface area contributed by atoms with Gasteiger partial charge in [-0.25, -0.2) is 0 Å². The zero-order valence-corrected chi connectivity index (χ0v) is 25.7. The molecule has 0 amide bonds. The largest absolute Gasteiger partial charge is 0.310 e. The lowest BCUT2D eigenvalue weighted by molar-refractivity contribution is 1.29. The minimum absolute atomic E-state index is 1.13. The summed E-state index contributed by atoms with van der Waals surface area (Å²) in [5.74, 6) is 0. The van der Waals surface area contributed by atoms with Crippen molar-refractivity contribution in [3.8, 4) is 11.1 Å². The van der Waals surface area contributed by atoms with Gasteiger partial charge in [-0.3, -0.25) is 0 Å². The van der Waals surface area contributed by atoms with Crippen molar-refractivity contribution >= 4 is 81.7 Å². The molecule has 0 fully saturated rings. The molecule has 1 nitrogen and oxygen atoms in total. The van der Waals surface area contributed by atoms with Crippen LogP contribution in [0.1, 0.15) is 0 Å². The average molecular weight is 596 g/mol. The zero-order chi connectivity index (χ0) is 30.9. The number of fused-ring (bicyclic) bond motifs is 2. The Morgan fingerprint density at radius 1 is 0.298 bits per heavy atom. The van der Waals surface area contributed by atoms with E-state index < -0.39 is 0 Å². The lowest BCUT2D eigenvalue weighted by Gasteiger charge is -2.29. The first-order valence-electron chi connectivity index (χ1n) is 16.3. The fraction of sp³-hybridized carbons (Fsp3) is 0. The van der Waals surface area contributed by atoms with Gasteiger partial charge in [-0.05, 0) is 101 Å². The van der Waals surface area contributed by atoms with E-state index in [4.69, 9.17) is 0 Å². The van der Waals surface area contributed by atoms with E-state index in [9.17, 15) is 0 Å². The van der Waals surface area contributed by atoms with Gasteiger partial charge in [-0.2, -0.15) is 0 Å². The van der Waals surface area contributed by atoms with Crippen LogP contribution >= 0.6 is 0 Å². The lowest BCUT2D eigenvalue weighted by Crippen LogP contribution is -2.11. The van der Waals surface area contributed by atoms with Crippen LogP contribution in [-0.2, 0) is 0 Å². The maximum Gasteiger partial charge on any atom is 0.0540 e. The summed E-state index contributed by atoms with van der Waals surface area (Å²) in [5, 5.41) is 15.5. The Balaban J connectivity index is 1.41. The van der Waals surface area contributed by atoms with Gasteiger partial charge in [0.1, 0.15) is 0 Å². The highest BCUT2D eigenvalue weighted by molar-refractivity contribution is 6.37. The molecule has 0 unspecified atom stereocenters. The molecular formula is C46H29N. The third-order valence-electron chi connectivity index (χ3n) is 9.91. The summed E-state index contributed by atoms with van der Waals surface area (Å²) in [6, 6.07) is 64.6. The SMILES string of the molecule is c1ccc(-c2ccccc2N(c2ccccc2)c2cc3ccc4cccc5c6cccc7ccc8cccc(c(c2)c3c45)c8c76)cc1. The van der Waals surface area contributed by atoms with Crippen molar-refractivity contribution in [3.63, 3.8) is 0 Å². The molecule has 0 atom stereocenters. The van der Waals surface area contributed by atoms with E-state index in [2.05, 4.69) is 181 Å². The summed E-state index contributed by atoms with van der Waals surface area (Å²) in [4.78, 5) is 2.43. The topological polar surface area (TPSA) is 3.24 Å². The number of hydrogen-bond acceptors (Lipinski definition) is 1. The van der Waals surface area contributed by atoms with Gasteiger partial charge in [0.05, 0.1) is 5.69 Å². The first-order chi connectivity index (χ1) is 23.3. The standard InChI is InChI=1S/C46H29N/c1-3-12-30(13-4-1)37-19-7-8-23-42(37)47(35-17-5-2-6-18-35)36-28-34-27-26-33-15-10-21-39-38-20-9-14-31-24-25-32-16-11-22-40(45(32)43(31)38)41(29-36)46(34)44(33)39/h1-29H. The molecule has 0 aliphatic carbocycles. The van der Waals surface area contributed by atoms with E-state index in [0.717, 1.165) is 17.1 Å². The maximum absolute atomic E-state index is 2.44. The van der Waals surface area contributed by atoms with E-state index in [1.807, 2.05) is 0 Å². The number of anilines is 3. The Morgan fingerprint density at radius 3 is 1.40 bits per heavy atom. The molecule has 0 heterocycles. The molecule has 0 N–H and O–H groups in total. The molecule has 10 aromatic rings. The summed E-state index contributed by atoms with van der Waals surface area (Å²) in [5.41, 5.74) is 5.80. The van der Waals surface area contributed by atoms with Crippen LogP contribution < -0.4 is 4.90 Å². The predicted octanol–water partition coefficient (Wildman–Crippen LogP) is 13.2. The number of rotatable bonds is 4. The van der Waals surface area contributed by atoms with E-state index in [0.29, 0.717) is 0 Å². The van der Waals surface area contributed by atoms with Crippen molar-refractivity contribution in [3.05, 3.63) is 176 Å². The molecule has 0 spiro atoms. The first kappa shape index (κ1) is 26.1. The van der Waals surface area contributed by atoms with Crippen molar-refractivity contribution in [1.82, 2.24) is 0 Å². The molecular weight excluding hydrogens is 567 g/mol. The second kappa shape index (κ2) is 10.2. The molecule has 0 aromatic heterocycles. The highest BCUT2D eigenvalue weighted by Crippen LogP contribution is 2.47. The predicted molar refractivity (Wildman–Crippen MR) is 203 cm³/mol. The highest BCUT2D eigenvalue weighted by Gasteiger charge is 2.20. The Kier molecular flexibility index (Phi) is 5.64. The van der Waals surface area contributed by atoms with Gasteiger partial charge in [0, 0.05) is 16.9 Å². The molecule has 10 rings (SSSR count). The summed E-state index contributed by atoms with van der Waals surface area (Å²) in [7, 11) is 0. The second-order valence-electron chi connectivity index (χ2n) is 12.5. The fourth-order valence-electron chi connectivity index (χ4n) is 7.93. The molecule has 0 saturated carbocycles. The van der Waals surface area contributed by atoms with Crippen LogP contribution in [0.4, 0.5) is 17.1 Å². The minimum atomic E-state index is 1.13. The van der Waals surface area contributed by atoms with Crippen LogP contribution in [0.25, 0.3) is 75.8 Å². The molecule has 0 saturated heterocycles. The third kappa shape index (κ3) is 3.90. The van der Waals surface area contributed by atoms with E-state index in [1.165, 1.54) is 75.8 Å². The first-order valence-corrected chi connectivity index (χ1v) is 16.3. The Morgan fingerprint density at radius 2 is 0.787 bits per heavy atom. The van der Waals surface area contributed by atoms with E-state index in [-0.39, 0.29) is 0 Å². The maximum atomic E-state index is 2.44. The van der Waals surface area contributed by atoms with E-state index in [1.54, 1.807) is 0 Å². The fourth-order valence-corrected chi connectivity index (χ4v) is 7.93. The van der Waals surface area contributed by atoms with Gasteiger partial charge in [0.25, 0.3) is 0 Å². The Bertz CT molecular complexity index is 2770. The number of nitrogens with zero attached hydrogens (tertiary/aromatic N) is 1. The van der Waals surface area contributed by atoms with Crippen LogP contribution in [0.3, 0.4) is 0 Å². The van der Waals surface area contributed by atoms with Gasteiger partial charge in [-0.15, -0.1) is 0 Å². The van der Waals surface area contributed by atoms with Crippen molar-refractivity contribution in [2.75, 3.05) is 4.90 Å². The third-order valence-corrected chi connectivity index (χ3v) is 9.91. The van der Waals surface area contributed by atoms with E-state index >= 15 is 0 Å². The van der Waals surface area contributed by atoms with Crippen molar-refractivity contribution < 1.29 is 0 Å². The number of benzene rings is 9. The van der Waals surface area contributed by atoms with Crippen LogP contribution in [-0.4, -0.2) is 0 Å². The molecule has 0 bridgehead atoms. The molecule has 1 heteroatoms. The van der Waals surface area contributed by atoms with Crippen LogP contribution in [0, 0.1) is 0 Å². The quantitative estimate of drug-likeness (QED) is 0.183. The van der Waals surface area contributed by atoms with Gasteiger partial charge >= 0.3 is 0 Å². The summed E-state index contributed by atoms with van der Waals surface area (Å²) >= 11 is 0. The van der Waals surface area contributed by atoms with Crippen LogP contribution in [0.15, 0.2) is 176 Å². The average Bonchev–Trinajstić information content (AvgIpc) is 3.14. The highest BCUT2D eigenvalue weighted by atomic mass is 15.1. The summed E-state index contributed by atoms with van der Waals surface area (Å²) in [6.07, 6.45) is 0. The molecule has 10 aromatic carbocycles. The van der Waals surface area contributed by atoms with Crippen molar-refractivity contribution in [1.29, 1.82) is 0 Å². The number of para-hydroxylation sites is 2. The molecule has 47 heavy (non-hydrogen) atoms. The zero-order valence-electron chi connectivity index (χ0n) is 25.7. The normalized spacial score (nSPS) is 11.8. The van der Waals surface area contributed by atoms with Gasteiger partial charge < -0.3 is 4.90 Å². The number of hydrogen-bond donors (Lipinski definition) is 0. The summed E-state index contributed by atoms with van der Waals surface area (Å²) < 4.78 is 0.